The van der Waals surface area contributed by atoms with Crippen molar-refractivity contribution in [2.24, 2.45) is 0 Å². The van der Waals surface area contributed by atoms with E-state index in [0.29, 0.717) is 17.1 Å². The Bertz CT molecular complexity index is 838. The number of fused-ring (bicyclic) bond motifs is 1. The van der Waals surface area contributed by atoms with E-state index in [1.165, 1.54) is 0 Å². The Balaban J connectivity index is 1.83. The smallest absolute Gasteiger partial charge is 0.343 e. The molecule has 0 unspecified atom stereocenters. The summed E-state index contributed by atoms with van der Waals surface area (Å²) in [6, 6.07) is 18.1. The maximum atomic E-state index is 12.2. The van der Waals surface area contributed by atoms with Crippen molar-refractivity contribution in [3.63, 3.8) is 0 Å². The van der Waals surface area contributed by atoms with E-state index in [-0.39, 0.29) is 0 Å². The fourth-order valence-corrected chi connectivity index (χ4v) is 2.29. The normalized spacial score (nSPS) is 10.3. The molecule has 4 heteroatoms. The van der Waals surface area contributed by atoms with Crippen LogP contribution >= 0.6 is 0 Å². The zero-order valence-electron chi connectivity index (χ0n) is 12.9. The van der Waals surface area contributed by atoms with Gasteiger partial charge in [-0.15, -0.1) is 0 Å². The van der Waals surface area contributed by atoms with Crippen LogP contribution in [-0.2, 0) is 0 Å². The molecule has 0 spiro atoms. The van der Waals surface area contributed by atoms with Crippen molar-refractivity contribution >= 4 is 16.7 Å². The molecule has 0 aliphatic heterocycles. The zero-order chi connectivity index (χ0) is 16.2. The molecule has 0 bridgehead atoms. The highest BCUT2D eigenvalue weighted by Gasteiger charge is 2.09. The molecule has 0 heterocycles. The summed E-state index contributed by atoms with van der Waals surface area (Å²) in [6.07, 6.45) is 0. The summed E-state index contributed by atoms with van der Waals surface area (Å²) in [5.74, 6) is 1.54. The summed E-state index contributed by atoms with van der Waals surface area (Å²) in [5.41, 5.74) is 0.469. The van der Waals surface area contributed by atoms with Gasteiger partial charge in [0.15, 0.2) is 0 Å². The molecule has 0 radical (unpaired) electrons. The van der Waals surface area contributed by atoms with Gasteiger partial charge in [0.1, 0.15) is 17.2 Å². The molecule has 0 aromatic heterocycles. The van der Waals surface area contributed by atoms with Crippen molar-refractivity contribution < 1.29 is 19.0 Å². The lowest BCUT2D eigenvalue weighted by molar-refractivity contribution is 0.0735. The van der Waals surface area contributed by atoms with Crippen LogP contribution in [0, 0.1) is 0 Å². The summed E-state index contributed by atoms with van der Waals surface area (Å²) >= 11 is 0. The Morgan fingerprint density at radius 1 is 0.696 bits per heavy atom. The third kappa shape index (κ3) is 3.26. The van der Waals surface area contributed by atoms with Gasteiger partial charge in [-0.3, -0.25) is 0 Å². The molecule has 0 fully saturated rings. The van der Waals surface area contributed by atoms with Crippen LogP contribution in [-0.4, -0.2) is 20.2 Å². The third-order valence-corrected chi connectivity index (χ3v) is 3.56. The van der Waals surface area contributed by atoms with Gasteiger partial charge in [0.05, 0.1) is 19.8 Å². The Hall–Kier alpha value is -3.01. The summed E-state index contributed by atoms with van der Waals surface area (Å²) in [5, 5.41) is 2.00. The lowest BCUT2D eigenvalue weighted by Crippen LogP contribution is -2.08. The number of methoxy groups -OCH3 is 2. The molecular formula is C19H16O4. The predicted molar refractivity (Wildman–Crippen MR) is 88.5 cm³/mol. The number of benzene rings is 3. The van der Waals surface area contributed by atoms with E-state index < -0.39 is 5.97 Å². The van der Waals surface area contributed by atoms with E-state index in [2.05, 4.69) is 0 Å². The quantitative estimate of drug-likeness (QED) is 0.538. The fourth-order valence-electron chi connectivity index (χ4n) is 2.29. The number of hydrogen-bond acceptors (Lipinski definition) is 4. The van der Waals surface area contributed by atoms with Crippen molar-refractivity contribution in [3.8, 4) is 17.2 Å². The Morgan fingerprint density at radius 3 is 1.91 bits per heavy atom. The summed E-state index contributed by atoms with van der Waals surface area (Å²) < 4.78 is 15.7. The van der Waals surface area contributed by atoms with Crippen LogP contribution < -0.4 is 14.2 Å². The molecule has 3 rings (SSSR count). The molecule has 3 aromatic rings. The second-order valence-electron chi connectivity index (χ2n) is 4.99. The van der Waals surface area contributed by atoms with Crippen molar-refractivity contribution in [1.29, 1.82) is 0 Å². The topological polar surface area (TPSA) is 44.8 Å². The summed E-state index contributed by atoms with van der Waals surface area (Å²) in [7, 11) is 3.20. The lowest BCUT2D eigenvalue weighted by atomic mass is 10.1. The minimum atomic E-state index is -0.408. The zero-order valence-corrected chi connectivity index (χ0v) is 12.9. The minimum absolute atomic E-state index is 0.408. The maximum Gasteiger partial charge on any atom is 0.343 e. The Morgan fingerprint density at radius 2 is 1.26 bits per heavy atom. The number of hydrogen-bond donors (Lipinski definition) is 0. The first-order chi connectivity index (χ1) is 11.2. The van der Waals surface area contributed by atoms with Crippen LogP contribution in [0.2, 0.25) is 0 Å². The first kappa shape index (κ1) is 14.9. The molecule has 3 aromatic carbocycles. The van der Waals surface area contributed by atoms with Crippen LogP contribution in [0.1, 0.15) is 10.4 Å². The van der Waals surface area contributed by atoms with Crippen LogP contribution in [0.5, 0.6) is 17.2 Å². The van der Waals surface area contributed by atoms with E-state index in [9.17, 15) is 4.79 Å². The number of carbonyl (C=O) groups excluding carboxylic acids is 1. The first-order valence-electron chi connectivity index (χ1n) is 7.13. The van der Waals surface area contributed by atoms with E-state index >= 15 is 0 Å². The number of rotatable bonds is 4. The standard InChI is InChI=1S/C19H16O4/c1-21-16-7-5-14(6-8-16)19(20)23-18-10-4-13-3-9-17(22-2)11-15(13)12-18/h3-12H,1-2H3. The maximum absolute atomic E-state index is 12.2. The van der Waals surface area contributed by atoms with Gasteiger partial charge in [0, 0.05) is 0 Å². The Kier molecular flexibility index (Phi) is 4.15. The van der Waals surface area contributed by atoms with Crippen molar-refractivity contribution in [2.45, 2.75) is 0 Å². The van der Waals surface area contributed by atoms with E-state index in [4.69, 9.17) is 14.2 Å². The second-order valence-corrected chi connectivity index (χ2v) is 4.99. The van der Waals surface area contributed by atoms with Crippen LogP contribution in [0.3, 0.4) is 0 Å². The average molecular weight is 308 g/mol. The van der Waals surface area contributed by atoms with Crippen molar-refractivity contribution in [2.75, 3.05) is 14.2 Å². The van der Waals surface area contributed by atoms with Gasteiger partial charge >= 0.3 is 5.97 Å². The number of carbonyl (C=O) groups is 1. The van der Waals surface area contributed by atoms with Gasteiger partial charge in [-0.2, -0.15) is 0 Å². The Labute approximate surface area is 134 Å². The van der Waals surface area contributed by atoms with Gasteiger partial charge < -0.3 is 14.2 Å². The van der Waals surface area contributed by atoms with Crippen LogP contribution in [0.4, 0.5) is 0 Å². The average Bonchev–Trinajstić information content (AvgIpc) is 2.61. The van der Waals surface area contributed by atoms with Gasteiger partial charge in [-0.1, -0.05) is 12.1 Å². The third-order valence-electron chi connectivity index (χ3n) is 3.56. The summed E-state index contributed by atoms with van der Waals surface area (Å²) in [4.78, 5) is 12.2. The van der Waals surface area contributed by atoms with Crippen LogP contribution in [0.15, 0.2) is 60.7 Å². The largest absolute Gasteiger partial charge is 0.497 e. The van der Waals surface area contributed by atoms with Gasteiger partial charge in [-0.05, 0) is 59.3 Å². The molecule has 0 saturated carbocycles. The first-order valence-corrected chi connectivity index (χ1v) is 7.13. The molecule has 0 saturated heterocycles. The highest BCUT2D eigenvalue weighted by atomic mass is 16.5. The van der Waals surface area contributed by atoms with Gasteiger partial charge in [0.2, 0.25) is 0 Å². The molecule has 0 N–H and O–H groups in total. The molecule has 23 heavy (non-hydrogen) atoms. The molecule has 116 valence electrons. The van der Waals surface area contributed by atoms with Crippen LogP contribution in [0.25, 0.3) is 10.8 Å². The van der Waals surface area contributed by atoms with E-state index in [1.807, 2.05) is 30.3 Å². The monoisotopic (exact) mass is 308 g/mol. The summed E-state index contributed by atoms with van der Waals surface area (Å²) in [6.45, 7) is 0. The molecule has 0 aliphatic rings. The van der Waals surface area contributed by atoms with Gasteiger partial charge in [-0.25, -0.2) is 4.79 Å². The van der Waals surface area contributed by atoms with Crippen molar-refractivity contribution in [1.82, 2.24) is 0 Å². The van der Waals surface area contributed by atoms with Gasteiger partial charge in [0.25, 0.3) is 0 Å². The van der Waals surface area contributed by atoms with E-state index in [0.717, 1.165) is 16.5 Å². The predicted octanol–water partition coefficient (Wildman–Crippen LogP) is 4.08. The highest BCUT2D eigenvalue weighted by Crippen LogP contribution is 2.25. The highest BCUT2D eigenvalue weighted by molar-refractivity contribution is 5.92. The molecule has 0 aliphatic carbocycles. The number of ether oxygens (including phenoxy) is 3. The molecule has 4 nitrogen and oxygen atoms in total. The minimum Gasteiger partial charge on any atom is -0.497 e. The lowest BCUT2D eigenvalue weighted by Gasteiger charge is -2.07. The SMILES string of the molecule is COc1ccc(C(=O)Oc2ccc3ccc(OC)cc3c2)cc1. The molecular weight excluding hydrogens is 292 g/mol. The fraction of sp³-hybridized carbons (Fsp3) is 0.105. The molecule has 0 atom stereocenters. The number of esters is 1. The van der Waals surface area contributed by atoms with E-state index in [1.54, 1.807) is 44.6 Å². The molecule has 0 amide bonds. The van der Waals surface area contributed by atoms with Crippen molar-refractivity contribution in [3.05, 3.63) is 66.2 Å². The second kappa shape index (κ2) is 6.40.